The van der Waals surface area contributed by atoms with Crippen molar-refractivity contribution in [2.24, 2.45) is 0 Å². The Labute approximate surface area is 141 Å². The van der Waals surface area contributed by atoms with Gasteiger partial charge in [0.05, 0.1) is 11.4 Å². The van der Waals surface area contributed by atoms with Crippen LogP contribution in [0.5, 0.6) is 0 Å². The van der Waals surface area contributed by atoms with Crippen molar-refractivity contribution in [1.29, 1.82) is 0 Å². The molecule has 0 fully saturated rings. The normalized spacial score (nSPS) is 12.0. The lowest BCUT2D eigenvalue weighted by Gasteiger charge is -2.14. The first kappa shape index (κ1) is 18.1. The second-order valence-corrected chi connectivity index (χ2v) is 7.09. The molecule has 2 aromatic carbocycles. The van der Waals surface area contributed by atoms with Crippen LogP contribution in [-0.4, -0.2) is 20.2 Å². The van der Waals surface area contributed by atoms with Gasteiger partial charge in [0.15, 0.2) is 0 Å². The molecule has 6 heteroatoms. The van der Waals surface area contributed by atoms with Crippen LogP contribution in [0.3, 0.4) is 0 Å². The first-order valence-electron chi connectivity index (χ1n) is 7.26. The van der Waals surface area contributed by atoms with Gasteiger partial charge >= 0.3 is 13.6 Å². The summed E-state index contributed by atoms with van der Waals surface area (Å²) in [6, 6.07) is 15.8. The van der Waals surface area contributed by atoms with Gasteiger partial charge in [-0.15, -0.1) is 0 Å². The van der Waals surface area contributed by atoms with Crippen LogP contribution in [0.2, 0.25) is 0 Å². The summed E-state index contributed by atoms with van der Waals surface area (Å²) < 4.78 is 27.7. The zero-order valence-electron chi connectivity index (χ0n) is 13.8. The number of carbonyl (C=O) groups excluding carboxylic acids is 1. The molecule has 126 valence electrons. The minimum absolute atomic E-state index is 0.121. The smallest absolute Gasteiger partial charge is 0.357 e. The minimum atomic E-state index is -3.50. The molecule has 0 radical (unpaired) electrons. The van der Waals surface area contributed by atoms with Crippen LogP contribution >= 0.6 is 7.60 Å². The molecule has 0 atom stereocenters. The number of esters is 1. The molecule has 0 saturated heterocycles. The fourth-order valence-corrected chi connectivity index (χ4v) is 2.78. The van der Waals surface area contributed by atoms with E-state index in [0.717, 1.165) is 5.56 Å². The second-order valence-electron chi connectivity index (χ2n) is 5.02. The number of carbonyl (C=O) groups is 1. The first-order valence-corrected chi connectivity index (χ1v) is 8.87. The summed E-state index contributed by atoms with van der Waals surface area (Å²) in [5.41, 5.74) is 2.04. The molecule has 24 heavy (non-hydrogen) atoms. The van der Waals surface area contributed by atoms with E-state index in [1.54, 1.807) is 42.5 Å². The fourth-order valence-electron chi connectivity index (χ4n) is 1.93. The minimum Gasteiger partial charge on any atom is -0.422 e. The molecule has 5 nitrogen and oxygen atoms in total. The quantitative estimate of drug-likeness (QED) is 0.433. The Bertz CT molecular complexity index is 758. The van der Waals surface area contributed by atoms with Crippen LogP contribution in [0, 0.1) is 6.92 Å². The Morgan fingerprint density at radius 2 is 1.50 bits per heavy atom. The molecule has 2 aromatic rings. The van der Waals surface area contributed by atoms with Crippen molar-refractivity contribution < 1.29 is 23.1 Å². The molecule has 0 aliphatic carbocycles. The van der Waals surface area contributed by atoms with Gasteiger partial charge in [0.2, 0.25) is 0 Å². The lowest BCUT2D eigenvalue weighted by atomic mass is 10.1. The first-order chi connectivity index (χ1) is 11.5. The predicted octanol–water partition coefficient (Wildman–Crippen LogP) is 4.64. The van der Waals surface area contributed by atoms with Gasteiger partial charge in [-0.25, -0.2) is 4.79 Å². The monoisotopic (exact) mass is 346 g/mol. The van der Waals surface area contributed by atoms with Crippen molar-refractivity contribution in [3.63, 3.8) is 0 Å². The molecule has 0 aliphatic heterocycles. The van der Waals surface area contributed by atoms with Gasteiger partial charge in [0.25, 0.3) is 0 Å². The summed E-state index contributed by atoms with van der Waals surface area (Å²) >= 11 is 0. The van der Waals surface area contributed by atoms with E-state index < -0.39 is 13.6 Å². The number of rotatable bonds is 6. The van der Waals surface area contributed by atoms with Crippen molar-refractivity contribution in [2.45, 2.75) is 6.92 Å². The zero-order valence-corrected chi connectivity index (χ0v) is 14.7. The van der Waals surface area contributed by atoms with Crippen molar-refractivity contribution in [2.75, 3.05) is 14.2 Å². The zero-order chi connectivity index (χ0) is 17.6. The van der Waals surface area contributed by atoms with Crippen molar-refractivity contribution in [3.8, 4) is 0 Å². The Balaban J connectivity index is 2.40. The van der Waals surface area contributed by atoms with Gasteiger partial charge in [-0.2, -0.15) is 0 Å². The Hall–Kier alpha value is -2.20. The SMILES string of the molecule is COP(=O)(/C=C(\OC(=O)c1ccccc1)c1ccc(C)cc1)OC. The van der Waals surface area contributed by atoms with E-state index in [-0.39, 0.29) is 5.76 Å². The van der Waals surface area contributed by atoms with Crippen LogP contribution in [0.15, 0.2) is 60.4 Å². The molecule has 0 aromatic heterocycles. The number of hydrogen-bond acceptors (Lipinski definition) is 5. The van der Waals surface area contributed by atoms with Gasteiger partial charge in [-0.1, -0.05) is 48.0 Å². The topological polar surface area (TPSA) is 61.8 Å². The van der Waals surface area contributed by atoms with E-state index in [4.69, 9.17) is 13.8 Å². The number of benzene rings is 2. The second kappa shape index (κ2) is 8.06. The van der Waals surface area contributed by atoms with E-state index >= 15 is 0 Å². The molecular formula is C18H19O5P. The van der Waals surface area contributed by atoms with Crippen LogP contribution in [0.4, 0.5) is 0 Å². The predicted molar refractivity (Wildman–Crippen MR) is 92.6 cm³/mol. The largest absolute Gasteiger partial charge is 0.422 e. The van der Waals surface area contributed by atoms with Crippen LogP contribution < -0.4 is 0 Å². The van der Waals surface area contributed by atoms with Gasteiger partial charge < -0.3 is 13.8 Å². The highest BCUT2D eigenvalue weighted by Gasteiger charge is 2.22. The van der Waals surface area contributed by atoms with Gasteiger partial charge in [0.1, 0.15) is 5.76 Å². The molecule has 0 saturated carbocycles. The Morgan fingerprint density at radius 1 is 0.917 bits per heavy atom. The van der Waals surface area contributed by atoms with E-state index in [9.17, 15) is 9.36 Å². The van der Waals surface area contributed by atoms with E-state index in [0.29, 0.717) is 11.1 Å². The van der Waals surface area contributed by atoms with Gasteiger partial charge in [-0.05, 0) is 19.1 Å². The lowest BCUT2D eigenvalue weighted by molar-refractivity contribution is 0.0692. The number of aryl methyl sites for hydroxylation is 1. The van der Waals surface area contributed by atoms with Crippen molar-refractivity contribution in [3.05, 3.63) is 77.1 Å². The number of ether oxygens (including phenoxy) is 1. The summed E-state index contributed by atoms with van der Waals surface area (Å²) in [4.78, 5) is 12.3. The summed E-state index contributed by atoms with van der Waals surface area (Å²) in [6.45, 7) is 1.94. The molecule has 0 aliphatic rings. The molecule has 0 amide bonds. The third kappa shape index (κ3) is 4.65. The molecule has 2 rings (SSSR count). The van der Waals surface area contributed by atoms with Crippen molar-refractivity contribution >= 4 is 19.3 Å². The average Bonchev–Trinajstić information content (AvgIpc) is 2.62. The molecule has 0 N–H and O–H groups in total. The molecular weight excluding hydrogens is 327 g/mol. The summed E-state index contributed by atoms with van der Waals surface area (Å²) in [7, 11) is -0.961. The van der Waals surface area contributed by atoms with E-state index in [2.05, 4.69) is 0 Å². The highest BCUT2D eigenvalue weighted by Crippen LogP contribution is 2.50. The van der Waals surface area contributed by atoms with Crippen LogP contribution in [-0.2, 0) is 18.3 Å². The summed E-state index contributed by atoms with van der Waals surface area (Å²) in [5.74, 6) is 0.774. The molecule has 0 heterocycles. The Morgan fingerprint density at radius 3 is 2.04 bits per heavy atom. The molecule has 0 spiro atoms. The highest BCUT2D eigenvalue weighted by molar-refractivity contribution is 7.57. The van der Waals surface area contributed by atoms with E-state index in [1.807, 2.05) is 19.1 Å². The third-order valence-electron chi connectivity index (χ3n) is 3.33. The average molecular weight is 346 g/mol. The Kier molecular flexibility index (Phi) is 6.10. The van der Waals surface area contributed by atoms with Crippen LogP contribution in [0.1, 0.15) is 21.5 Å². The molecule has 0 bridgehead atoms. The lowest BCUT2D eigenvalue weighted by Crippen LogP contribution is -2.05. The third-order valence-corrected chi connectivity index (χ3v) is 4.90. The number of hydrogen-bond donors (Lipinski definition) is 0. The van der Waals surface area contributed by atoms with E-state index in [1.165, 1.54) is 20.0 Å². The van der Waals surface area contributed by atoms with Crippen LogP contribution in [0.25, 0.3) is 5.76 Å². The maximum Gasteiger partial charge on any atom is 0.357 e. The summed E-state index contributed by atoms with van der Waals surface area (Å²) in [5, 5.41) is 0. The van der Waals surface area contributed by atoms with Crippen molar-refractivity contribution in [1.82, 2.24) is 0 Å². The van der Waals surface area contributed by atoms with Gasteiger partial charge in [0, 0.05) is 19.8 Å². The van der Waals surface area contributed by atoms with Gasteiger partial charge in [-0.3, -0.25) is 4.57 Å². The molecule has 0 unspecified atom stereocenters. The standard InChI is InChI=1S/C18H19O5P/c1-14-9-11-15(12-10-14)17(13-24(20,21-2)22-3)23-18(19)16-7-5-4-6-8-16/h4-13H,1-3H3/b17-13-. The highest BCUT2D eigenvalue weighted by atomic mass is 31.2. The maximum absolute atomic E-state index is 12.4. The fraction of sp³-hybridized carbons (Fsp3) is 0.167. The summed E-state index contributed by atoms with van der Waals surface area (Å²) in [6.07, 6.45) is 0. The maximum atomic E-state index is 12.4.